The van der Waals surface area contributed by atoms with Crippen LogP contribution in [-0.2, 0) is 4.74 Å². The van der Waals surface area contributed by atoms with Crippen molar-refractivity contribution < 1.29 is 14.9 Å². The van der Waals surface area contributed by atoms with Crippen molar-refractivity contribution in [2.24, 2.45) is 0 Å². The number of hydrogen-bond acceptors (Lipinski definition) is 7. The monoisotopic (exact) mass is 287 g/mol. The Bertz CT molecular complexity index is 577. The molecule has 0 radical (unpaired) electrons. The first-order chi connectivity index (χ1) is 8.70. The van der Waals surface area contributed by atoms with Crippen molar-refractivity contribution >= 4 is 29.3 Å². The van der Waals surface area contributed by atoms with Gasteiger partial charge >= 0.3 is 0 Å². The molecule has 2 aromatic heterocycles. The number of fused-ring (bicyclic) bond motifs is 1. The van der Waals surface area contributed by atoms with E-state index in [0.29, 0.717) is 29.0 Å². The summed E-state index contributed by atoms with van der Waals surface area (Å²) in [4.78, 5) is 7.96. The maximum absolute atomic E-state index is 9.71. The fourth-order valence-corrected chi connectivity index (χ4v) is 2.17. The Hall–Kier alpha value is -1.48. The Morgan fingerprint density at radius 2 is 2.21 bits per heavy atom. The maximum atomic E-state index is 9.71. The molecular formula is C10H14ClN5O3. The van der Waals surface area contributed by atoms with E-state index in [1.165, 1.54) is 6.33 Å². The first-order valence-corrected chi connectivity index (χ1v) is 5.59. The number of nitrogens with zero attached hydrogens (tertiary/aromatic N) is 3. The molecule has 1 aliphatic heterocycles. The number of rotatable bonds is 2. The highest BCUT2D eigenvalue weighted by molar-refractivity contribution is 5.86. The number of nitrogens with two attached hydrogens (primary N) is 1. The van der Waals surface area contributed by atoms with Crippen molar-refractivity contribution in [1.29, 1.82) is 0 Å². The number of anilines is 1. The summed E-state index contributed by atoms with van der Waals surface area (Å²) in [6.07, 6.45) is 0.0828. The molecule has 3 rings (SSSR count). The number of aromatic nitrogens is 4. The molecule has 19 heavy (non-hydrogen) atoms. The van der Waals surface area contributed by atoms with Crippen LogP contribution in [0.4, 0.5) is 5.82 Å². The summed E-state index contributed by atoms with van der Waals surface area (Å²) >= 11 is 0. The van der Waals surface area contributed by atoms with Gasteiger partial charge in [-0.2, -0.15) is 5.10 Å². The molecule has 1 saturated heterocycles. The fourth-order valence-electron chi connectivity index (χ4n) is 2.17. The summed E-state index contributed by atoms with van der Waals surface area (Å²) in [6.45, 7) is -0.221. The summed E-state index contributed by atoms with van der Waals surface area (Å²) in [7, 11) is 0. The van der Waals surface area contributed by atoms with E-state index in [1.807, 2.05) is 0 Å². The van der Waals surface area contributed by atoms with Crippen LogP contribution in [0.3, 0.4) is 0 Å². The normalized spacial score (nSPS) is 26.5. The van der Waals surface area contributed by atoms with Crippen LogP contribution in [0.2, 0.25) is 0 Å². The molecule has 1 aliphatic rings. The van der Waals surface area contributed by atoms with Crippen LogP contribution in [0, 0.1) is 0 Å². The summed E-state index contributed by atoms with van der Waals surface area (Å²) in [5.74, 6) is 0.291. The summed E-state index contributed by atoms with van der Waals surface area (Å²) < 4.78 is 5.54. The highest BCUT2D eigenvalue weighted by Gasteiger charge is 2.36. The lowest BCUT2D eigenvalue weighted by Gasteiger charge is -2.10. The molecule has 5 N–H and O–H groups in total. The van der Waals surface area contributed by atoms with Crippen molar-refractivity contribution in [3.8, 4) is 0 Å². The van der Waals surface area contributed by atoms with E-state index in [4.69, 9.17) is 15.6 Å². The van der Waals surface area contributed by atoms with Gasteiger partial charge in [0.1, 0.15) is 24.1 Å². The van der Waals surface area contributed by atoms with E-state index in [-0.39, 0.29) is 25.1 Å². The second kappa shape index (κ2) is 5.25. The number of ether oxygens (including phenoxy) is 1. The third-order valence-electron chi connectivity index (χ3n) is 3.12. The van der Waals surface area contributed by atoms with Crippen molar-refractivity contribution in [3.05, 3.63) is 12.0 Å². The molecule has 0 aliphatic carbocycles. The standard InChI is InChI=1S/C10H13N5O3.ClH/c11-10-9-8(12-3-13-10)7(14-15-9)5-1-4(17)6(2-16)18-5;/h3-6,16-17H,1-2H2,(H,14,15)(H2,11,12,13);1H. The van der Waals surface area contributed by atoms with E-state index >= 15 is 0 Å². The highest BCUT2D eigenvalue weighted by Crippen LogP contribution is 2.35. The number of nitrogen functional groups attached to an aromatic ring is 1. The van der Waals surface area contributed by atoms with E-state index in [2.05, 4.69) is 20.2 Å². The van der Waals surface area contributed by atoms with Crippen LogP contribution in [0.5, 0.6) is 0 Å². The maximum Gasteiger partial charge on any atom is 0.155 e. The van der Waals surface area contributed by atoms with Crippen molar-refractivity contribution in [2.45, 2.75) is 24.7 Å². The summed E-state index contributed by atoms with van der Waals surface area (Å²) in [5.41, 5.74) is 7.40. The number of hydrogen-bond donors (Lipinski definition) is 4. The molecular weight excluding hydrogens is 274 g/mol. The number of halogens is 1. The minimum absolute atomic E-state index is 0. The van der Waals surface area contributed by atoms with Crippen LogP contribution in [-0.4, -0.2) is 49.2 Å². The van der Waals surface area contributed by atoms with Gasteiger partial charge in [-0.1, -0.05) is 0 Å². The lowest BCUT2D eigenvalue weighted by molar-refractivity contribution is -0.0232. The quantitative estimate of drug-likeness (QED) is 0.588. The van der Waals surface area contributed by atoms with Gasteiger partial charge < -0.3 is 20.7 Å². The molecule has 9 heteroatoms. The van der Waals surface area contributed by atoms with Gasteiger partial charge in [-0.05, 0) is 0 Å². The fraction of sp³-hybridized carbons (Fsp3) is 0.500. The van der Waals surface area contributed by atoms with Gasteiger partial charge in [-0.25, -0.2) is 9.97 Å². The van der Waals surface area contributed by atoms with Gasteiger partial charge in [-0.15, -0.1) is 12.4 Å². The Labute approximate surface area is 114 Å². The first-order valence-electron chi connectivity index (χ1n) is 5.59. The molecule has 3 atom stereocenters. The van der Waals surface area contributed by atoms with E-state index in [9.17, 15) is 5.11 Å². The zero-order valence-electron chi connectivity index (χ0n) is 9.85. The van der Waals surface area contributed by atoms with Crippen LogP contribution >= 0.6 is 12.4 Å². The number of nitrogens with one attached hydrogen (secondary N) is 1. The number of aliphatic hydroxyl groups is 2. The van der Waals surface area contributed by atoms with E-state index in [1.54, 1.807) is 0 Å². The Kier molecular flexibility index (Phi) is 3.85. The number of aromatic amines is 1. The van der Waals surface area contributed by atoms with Gasteiger partial charge in [0.05, 0.1) is 18.4 Å². The Balaban J connectivity index is 0.00000133. The second-order valence-corrected chi connectivity index (χ2v) is 4.24. The third-order valence-corrected chi connectivity index (χ3v) is 3.12. The van der Waals surface area contributed by atoms with Gasteiger partial charge in [0.25, 0.3) is 0 Å². The zero-order valence-corrected chi connectivity index (χ0v) is 10.7. The Morgan fingerprint density at radius 3 is 2.89 bits per heavy atom. The molecule has 0 saturated carbocycles. The first kappa shape index (κ1) is 13.9. The van der Waals surface area contributed by atoms with Crippen LogP contribution in [0.25, 0.3) is 11.0 Å². The predicted octanol–water partition coefficient (Wildman–Crippen LogP) is -0.460. The predicted molar refractivity (Wildman–Crippen MR) is 68.7 cm³/mol. The number of aliphatic hydroxyl groups excluding tert-OH is 2. The highest BCUT2D eigenvalue weighted by atomic mass is 35.5. The van der Waals surface area contributed by atoms with E-state index in [0.717, 1.165) is 0 Å². The molecule has 2 aromatic rings. The second-order valence-electron chi connectivity index (χ2n) is 4.24. The van der Waals surface area contributed by atoms with Crippen LogP contribution < -0.4 is 5.73 Å². The smallest absolute Gasteiger partial charge is 0.155 e. The molecule has 3 heterocycles. The van der Waals surface area contributed by atoms with Crippen LogP contribution in [0.1, 0.15) is 18.2 Å². The van der Waals surface area contributed by atoms with Gasteiger partial charge in [-0.3, -0.25) is 5.10 Å². The van der Waals surface area contributed by atoms with Gasteiger partial charge in [0.2, 0.25) is 0 Å². The van der Waals surface area contributed by atoms with Crippen molar-refractivity contribution in [3.63, 3.8) is 0 Å². The molecule has 104 valence electrons. The molecule has 0 aromatic carbocycles. The lowest BCUT2D eigenvalue weighted by atomic mass is 10.1. The SMILES string of the molecule is Cl.Nc1ncnc2c(C3CC(O)C(CO)O3)[nH]nc12. The van der Waals surface area contributed by atoms with Crippen molar-refractivity contribution in [2.75, 3.05) is 12.3 Å². The molecule has 0 spiro atoms. The largest absolute Gasteiger partial charge is 0.394 e. The molecule has 8 nitrogen and oxygen atoms in total. The number of H-pyrrole nitrogens is 1. The zero-order chi connectivity index (χ0) is 12.7. The summed E-state index contributed by atoms with van der Waals surface area (Å²) in [6, 6.07) is 0. The topological polar surface area (TPSA) is 130 Å². The third kappa shape index (κ3) is 2.23. The minimum Gasteiger partial charge on any atom is -0.394 e. The molecule has 0 bridgehead atoms. The minimum atomic E-state index is -0.697. The average Bonchev–Trinajstić information content (AvgIpc) is 2.93. The van der Waals surface area contributed by atoms with Crippen molar-refractivity contribution in [1.82, 2.24) is 20.2 Å². The van der Waals surface area contributed by atoms with Gasteiger partial charge in [0.15, 0.2) is 11.3 Å². The Morgan fingerprint density at radius 1 is 1.42 bits per heavy atom. The summed E-state index contributed by atoms with van der Waals surface area (Å²) in [5, 5.41) is 25.6. The molecule has 3 unspecified atom stereocenters. The average molecular weight is 288 g/mol. The molecule has 1 fully saturated rings. The van der Waals surface area contributed by atoms with E-state index < -0.39 is 12.2 Å². The molecule has 0 amide bonds. The van der Waals surface area contributed by atoms with Gasteiger partial charge in [0, 0.05) is 6.42 Å². The van der Waals surface area contributed by atoms with Crippen LogP contribution in [0.15, 0.2) is 6.33 Å². The lowest BCUT2D eigenvalue weighted by Crippen LogP contribution is -2.24.